The summed E-state index contributed by atoms with van der Waals surface area (Å²) in [4.78, 5) is 134. The Morgan fingerprint density at radius 2 is 1.31 bits per heavy atom. The molecule has 18 atom stereocenters. The van der Waals surface area contributed by atoms with Gasteiger partial charge in [0.25, 0.3) is 5.56 Å². The van der Waals surface area contributed by atoms with Crippen molar-refractivity contribution in [1.82, 2.24) is 52.4 Å². The predicted molar refractivity (Wildman–Crippen MR) is 423 cm³/mol. The molecule has 118 heavy (non-hydrogen) atoms. The predicted octanol–water partition coefficient (Wildman–Crippen LogP) is 5.51. The fraction of sp³-hybridized carbons (Fsp3) is 0.487. The number of aliphatic hydroxyl groups is 5. The van der Waals surface area contributed by atoms with E-state index in [-0.39, 0.29) is 68.6 Å². The van der Waals surface area contributed by atoms with Crippen molar-refractivity contribution in [3.8, 4) is 57.1 Å². The molecule has 0 aliphatic carbocycles. The van der Waals surface area contributed by atoms with Crippen LogP contribution in [0.2, 0.25) is 10.0 Å². The number of aliphatic carboxylic acids is 1. The Hall–Kier alpha value is -9.96. The first-order valence-corrected chi connectivity index (χ1v) is 40.5. The van der Waals surface area contributed by atoms with Gasteiger partial charge < -0.3 is 117 Å². The van der Waals surface area contributed by atoms with E-state index in [1.807, 2.05) is 13.8 Å². The lowest BCUT2D eigenvalue weighted by Gasteiger charge is -2.48. The molecule has 38 heteroatoms. The first-order valence-electron chi connectivity index (χ1n) is 38.7. The topological polar surface area (TPSA) is 543 Å². The summed E-state index contributed by atoms with van der Waals surface area (Å²) in [5.41, 5.74) is 1.32. The number of benzene rings is 5. The second kappa shape index (κ2) is 38.4. The number of thioether (sulfide) groups is 1. The Labute approximate surface area is 691 Å². The van der Waals surface area contributed by atoms with Gasteiger partial charge in [0.05, 0.1) is 34.8 Å². The number of aromatic amines is 1. The number of unbranched alkanes of at least 4 members (excludes halogenated alkanes) is 7. The monoisotopic (exact) mass is 1700 g/mol. The van der Waals surface area contributed by atoms with Crippen LogP contribution < -0.4 is 62.7 Å². The number of aromatic hydroxyl groups is 3. The van der Waals surface area contributed by atoms with Crippen LogP contribution >= 0.6 is 35.0 Å². The summed E-state index contributed by atoms with van der Waals surface area (Å²) < 4.78 is 40.4. The highest BCUT2D eigenvalue weighted by molar-refractivity contribution is 7.99. The van der Waals surface area contributed by atoms with E-state index in [1.165, 1.54) is 25.1 Å². The number of rotatable bonds is 24. The molecular formula is C80H97Cl2N11O24S. The van der Waals surface area contributed by atoms with Crippen LogP contribution in [0.25, 0.3) is 11.1 Å². The highest BCUT2D eigenvalue weighted by atomic mass is 35.5. The van der Waals surface area contributed by atoms with Crippen molar-refractivity contribution in [2.24, 2.45) is 17.6 Å². The minimum atomic E-state index is -2.36. The van der Waals surface area contributed by atoms with Crippen molar-refractivity contribution in [2.45, 2.75) is 227 Å². The molecule has 13 rings (SSSR count). The Morgan fingerprint density at radius 3 is 1.94 bits per heavy atom. The Morgan fingerprint density at radius 1 is 0.695 bits per heavy atom. The zero-order valence-electron chi connectivity index (χ0n) is 65.4. The van der Waals surface area contributed by atoms with Gasteiger partial charge in [-0.1, -0.05) is 126 Å². The molecule has 6 aromatic rings. The molecule has 0 radical (unpaired) electrons. The van der Waals surface area contributed by atoms with Gasteiger partial charge in [0, 0.05) is 46.4 Å². The lowest BCUT2D eigenvalue weighted by Crippen LogP contribution is -2.65. The Balaban J connectivity index is 1.13. The summed E-state index contributed by atoms with van der Waals surface area (Å²) in [6.45, 7) is 12.7. The number of aromatic nitrogens is 3. The van der Waals surface area contributed by atoms with E-state index in [1.54, 1.807) is 20.8 Å². The number of primary amides is 1. The number of halogens is 2. The molecule has 19 N–H and O–H groups in total. The van der Waals surface area contributed by atoms with Gasteiger partial charge in [-0.05, 0) is 123 Å². The summed E-state index contributed by atoms with van der Waals surface area (Å²) in [7, 11) is 0. The summed E-state index contributed by atoms with van der Waals surface area (Å²) in [5, 5.41) is 132. The van der Waals surface area contributed by atoms with Crippen LogP contribution in [0.1, 0.15) is 176 Å². The molecule has 636 valence electrons. The van der Waals surface area contributed by atoms with Gasteiger partial charge in [-0.3, -0.25) is 43.3 Å². The number of amides is 7. The number of phenols is 3. The van der Waals surface area contributed by atoms with E-state index >= 15 is 19.2 Å². The number of aryl methyl sites for hydroxylation is 1. The zero-order valence-corrected chi connectivity index (χ0v) is 67.7. The highest BCUT2D eigenvalue weighted by Gasteiger charge is 2.52. The van der Waals surface area contributed by atoms with Crippen molar-refractivity contribution < 1.29 is 113 Å². The molecule has 11 bridgehead atoms. The van der Waals surface area contributed by atoms with Crippen LogP contribution in [-0.2, 0) is 52.6 Å². The van der Waals surface area contributed by atoms with Crippen molar-refractivity contribution in [3.63, 3.8) is 0 Å². The van der Waals surface area contributed by atoms with E-state index in [0.29, 0.717) is 6.54 Å². The number of carboxylic acid groups (broad SMARTS) is 1. The lowest BCUT2D eigenvalue weighted by atomic mass is 9.85. The first-order chi connectivity index (χ1) is 56.0. The van der Waals surface area contributed by atoms with E-state index in [9.17, 15) is 69.9 Å². The lowest BCUT2D eigenvalue weighted by molar-refractivity contribution is -0.330. The van der Waals surface area contributed by atoms with Crippen LogP contribution in [0.15, 0.2) is 88.8 Å². The fourth-order valence-electron chi connectivity index (χ4n) is 14.9. The van der Waals surface area contributed by atoms with Gasteiger partial charge in [0.1, 0.15) is 89.1 Å². The number of nitrogens with two attached hydrogens (primary N) is 1. The fourth-order valence-corrected chi connectivity index (χ4v) is 16.2. The maximum Gasteiger partial charge on any atom is 0.330 e. The minimum Gasteiger partial charge on any atom is -0.508 e. The van der Waals surface area contributed by atoms with E-state index in [0.717, 1.165) is 124 Å². The van der Waals surface area contributed by atoms with Crippen molar-refractivity contribution in [1.29, 1.82) is 0 Å². The highest BCUT2D eigenvalue weighted by Crippen LogP contribution is 2.50. The molecule has 10 unspecified atom stereocenters. The van der Waals surface area contributed by atoms with Crippen molar-refractivity contribution >= 4 is 82.3 Å². The van der Waals surface area contributed by atoms with Gasteiger partial charge in [-0.15, -0.1) is 10.2 Å². The van der Waals surface area contributed by atoms with Crippen LogP contribution in [0.5, 0.6) is 46.0 Å². The quantitative estimate of drug-likeness (QED) is 0.0262. The van der Waals surface area contributed by atoms with E-state index < -0.39 is 230 Å². The normalized spacial score (nSPS) is 26.9. The minimum absolute atomic E-state index is 0.0306. The average molecular weight is 1700 g/mol. The molecule has 2 saturated heterocycles. The SMILES string of the molecule is CCCCCCCCCCNC1(C)CC(OC2C(Oc3c4cc5cc3Oc3ccc(cc3Cl)[C@@H](O)[C@@H](NC(=O)[C@H](C)CC(C)C)C(=O)N[C@@H](CC(N)=O)C(=O)N[C@H]5C(=O)NC3C(=O)N[C@H](C(=O)N[C@@H](C(=O)O)c5cc(O)cc(O)c5-c5cc3ccc5O)[C@H](O)c3ccc(c(Cl)c3)O4)OC(CSc3nnc(C)c(=O)[nH]3)C(O)C2O)OC(C)C1O. The third-order valence-electron chi connectivity index (χ3n) is 21.2. The third-order valence-corrected chi connectivity index (χ3v) is 22.8. The zero-order chi connectivity index (χ0) is 85.5. The molecule has 0 saturated carbocycles. The number of carboxylic acids is 1. The smallest absolute Gasteiger partial charge is 0.330 e. The largest absolute Gasteiger partial charge is 0.508 e. The molecule has 7 amide bonds. The number of H-pyrrole nitrogens is 1. The molecule has 1 aromatic heterocycles. The molecule has 7 aliphatic heterocycles. The number of aliphatic hydroxyl groups excluding tert-OH is 5. The van der Waals surface area contributed by atoms with Gasteiger partial charge in [-0.2, -0.15) is 0 Å². The number of carbonyl (C=O) groups is 8. The standard InChI is InChI=1S/C80H97Cl2N11O24S/c1-8-9-10-11-12-13-14-15-22-84-80(7)32-56(112-37(6)69(80)102)116-68-66(101)65(100)54(33-118-79-91-71(104)36(5)92-93-79)115-78(68)117-67-52-27-41-28-53(67)114-51-21-18-40(26-46(51)82)64(99)62-76(109)88-60(77(110)111)44-29-42(94)30-49(96)57(44)43-24-38(16-19-48(43)95)58(73(106)90-62)87-74(107)59(41)86-72(105)47(31-55(83)97)85-75(108)61(89-70(103)35(4)23-34(2)3)63(98)39-17-20-50(113-52)45(81)25-39/h16-21,24-30,34-35,37,47,54,56,58-66,68-69,78,84,94-96,98-102H,8-15,22-23,31-33H2,1-7H3,(H2,83,97)(H,85,108)(H,86,105)(H,87,107)(H,88,109)(H,89,103)(H,90,106)(H,110,111)(H,91,93,104)/t35-,37?,47+,54?,56?,58?,59-,60-,61-,62+,63-,64-,65?,66?,68?,69?,78?,80?/m1/s1. The van der Waals surface area contributed by atoms with Crippen molar-refractivity contribution in [2.75, 3.05) is 12.3 Å². The number of fused-ring (bicyclic) bond motifs is 15. The number of phenolic OH excluding ortho intramolecular Hbond substituents is 3. The first kappa shape index (κ1) is 88.8. The van der Waals surface area contributed by atoms with Crippen LogP contribution in [0.3, 0.4) is 0 Å². The van der Waals surface area contributed by atoms with Gasteiger partial charge in [0.15, 0.2) is 35.1 Å². The Kier molecular flexibility index (Phi) is 28.9. The second-order valence-electron chi connectivity index (χ2n) is 30.8. The molecule has 7 aliphatic rings. The van der Waals surface area contributed by atoms with Crippen molar-refractivity contribution in [3.05, 3.63) is 133 Å². The van der Waals surface area contributed by atoms with Crippen LogP contribution in [-0.4, -0.2) is 194 Å². The number of hydrogen-bond acceptors (Lipinski definition) is 27. The summed E-state index contributed by atoms with van der Waals surface area (Å²) >= 11 is 15.2. The van der Waals surface area contributed by atoms with E-state index in [4.69, 9.17) is 57.4 Å². The molecular weight excluding hydrogens is 1600 g/mol. The summed E-state index contributed by atoms with van der Waals surface area (Å²) in [6, 6.07) is 0.600. The third kappa shape index (κ3) is 20.6. The average Bonchev–Trinajstić information content (AvgIpc) is 0.766. The number of hydrogen-bond donors (Lipinski definition) is 18. The van der Waals surface area contributed by atoms with Crippen LogP contribution in [0, 0.1) is 18.8 Å². The molecule has 8 heterocycles. The molecule has 2 fully saturated rings. The summed E-state index contributed by atoms with van der Waals surface area (Å²) in [6.07, 6.45) is -9.66. The number of ether oxygens (including phenoxy) is 6. The maximum absolute atomic E-state index is 16.3. The molecule has 5 aromatic carbocycles. The van der Waals surface area contributed by atoms with Crippen LogP contribution in [0.4, 0.5) is 0 Å². The molecule has 35 nitrogen and oxygen atoms in total. The number of nitrogens with one attached hydrogen (secondary N) is 8. The van der Waals surface area contributed by atoms with E-state index in [2.05, 4.69) is 59.3 Å². The number of nitrogens with zero attached hydrogens (tertiary/aromatic N) is 2. The Bertz CT molecular complexity index is 4820. The summed E-state index contributed by atoms with van der Waals surface area (Å²) in [5.74, 6) is -16.8. The number of carbonyl (C=O) groups excluding carboxylic acids is 7. The molecule has 0 spiro atoms. The second-order valence-corrected chi connectivity index (χ2v) is 32.6. The van der Waals surface area contributed by atoms with Gasteiger partial charge >= 0.3 is 5.97 Å². The maximum atomic E-state index is 16.3. The van der Waals surface area contributed by atoms with Gasteiger partial charge in [-0.25, -0.2) is 4.79 Å². The van der Waals surface area contributed by atoms with Gasteiger partial charge in [0.2, 0.25) is 53.4 Å².